The van der Waals surface area contributed by atoms with E-state index >= 15 is 0 Å². The molecule has 0 radical (unpaired) electrons. The van der Waals surface area contributed by atoms with E-state index in [1.807, 2.05) is 6.26 Å². The summed E-state index contributed by atoms with van der Waals surface area (Å²) in [5.41, 5.74) is 1.15. The van der Waals surface area contributed by atoms with Crippen LogP contribution < -0.4 is 5.55 Å². The Bertz CT molecular complexity index is 1040. The van der Waals surface area contributed by atoms with Crippen LogP contribution in [-0.4, -0.2) is 28.3 Å². The molecule has 8 nitrogen and oxygen atoms in total. The minimum Gasteiger partial charge on any atom is -0.416 e. The number of hydrogen-bond acceptors (Lipinski definition) is 8. The lowest BCUT2D eigenvalue weighted by Crippen LogP contribution is -2.08. The van der Waals surface area contributed by atoms with Crippen molar-refractivity contribution in [2.24, 2.45) is 5.16 Å². The molecule has 1 aromatic carbocycles. The number of nitro groups is 1. The van der Waals surface area contributed by atoms with Crippen molar-refractivity contribution in [3.8, 4) is 11.1 Å². The maximum Gasteiger partial charge on any atom is 0.270 e. The van der Waals surface area contributed by atoms with Crippen LogP contribution in [0.4, 0.5) is 5.69 Å². The number of nitrogens with zero attached hydrogens (tertiary/aromatic N) is 4. The minimum atomic E-state index is -0.501. The summed E-state index contributed by atoms with van der Waals surface area (Å²) in [6, 6.07) is 5.82. The van der Waals surface area contributed by atoms with Crippen molar-refractivity contribution in [2.75, 3.05) is 13.4 Å². The molecule has 0 aliphatic heterocycles. The molecule has 2 aromatic heterocycles. The van der Waals surface area contributed by atoms with E-state index in [4.69, 9.17) is 20.9 Å². The predicted octanol–water partition coefficient (Wildman–Crippen LogP) is 3.64. The third kappa shape index (κ3) is 3.42. The van der Waals surface area contributed by atoms with E-state index in [9.17, 15) is 10.1 Å². The molecule has 0 N–H and O–H groups in total. The van der Waals surface area contributed by atoms with Gasteiger partial charge in [-0.25, -0.2) is 4.98 Å². The van der Waals surface area contributed by atoms with Crippen molar-refractivity contribution in [3.05, 3.63) is 51.2 Å². The fourth-order valence-corrected chi connectivity index (χ4v) is 2.73. The van der Waals surface area contributed by atoms with E-state index in [0.717, 1.165) is 0 Å². The molecule has 0 fully saturated rings. The number of hydrogen-bond donors (Lipinski definition) is 0. The quantitative estimate of drug-likeness (QED) is 0.295. The van der Waals surface area contributed by atoms with Crippen molar-refractivity contribution >= 4 is 40.1 Å². The normalized spacial score (nSPS) is 11.7. The van der Waals surface area contributed by atoms with E-state index < -0.39 is 4.92 Å². The van der Waals surface area contributed by atoms with Gasteiger partial charge in [0.25, 0.3) is 11.2 Å². The van der Waals surface area contributed by atoms with E-state index in [-0.39, 0.29) is 11.2 Å². The monoisotopic (exact) mass is 378 g/mol. The van der Waals surface area contributed by atoms with E-state index in [1.54, 1.807) is 12.3 Å². The number of halogens is 1. The zero-order valence-electron chi connectivity index (χ0n) is 13.1. The van der Waals surface area contributed by atoms with E-state index in [0.29, 0.717) is 32.4 Å². The number of fused-ring (bicyclic) bond motifs is 1. The summed E-state index contributed by atoms with van der Waals surface area (Å²) in [5, 5.41) is 16.4. The van der Waals surface area contributed by atoms with Gasteiger partial charge in [0.1, 0.15) is 7.11 Å². The Kier molecular flexibility index (Phi) is 4.86. The Morgan fingerprint density at radius 1 is 1.36 bits per heavy atom. The van der Waals surface area contributed by atoms with Crippen molar-refractivity contribution in [2.45, 2.75) is 5.16 Å². The zero-order valence-corrected chi connectivity index (χ0v) is 14.7. The number of nitro benzene ring substituents is 1. The zero-order chi connectivity index (χ0) is 18.0. The highest BCUT2D eigenvalue weighted by molar-refractivity contribution is 7.98. The summed E-state index contributed by atoms with van der Waals surface area (Å²) >= 11 is 7.60. The van der Waals surface area contributed by atoms with Crippen molar-refractivity contribution in [1.29, 1.82) is 0 Å². The van der Waals surface area contributed by atoms with Gasteiger partial charge in [-0.05, 0) is 23.5 Å². The standard InChI is InChI=1S/C15H11ClN4O4S/c1-23-19-14-11(10-6-9(20(21)22)3-4-12(10)16)5-8-7-17-15(25-2)18-13(8)24-14/h3-7H,1-2H3/b19-14-. The summed E-state index contributed by atoms with van der Waals surface area (Å²) in [4.78, 5) is 23.8. The molecule has 0 saturated carbocycles. The Hall–Kier alpha value is -2.65. The van der Waals surface area contributed by atoms with Crippen LogP contribution in [0.2, 0.25) is 5.02 Å². The van der Waals surface area contributed by atoms with Gasteiger partial charge < -0.3 is 9.25 Å². The van der Waals surface area contributed by atoms with Gasteiger partial charge >= 0.3 is 0 Å². The molecule has 0 amide bonds. The maximum atomic E-state index is 11.1. The third-order valence-corrected chi connectivity index (χ3v) is 4.18. The van der Waals surface area contributed by atoms with Crippen LogP contribution >= 0.6 is 23.4 Å². The summed E-state index contributed by atoms with van der Waals surface area (Å²) in [6.45, 7) is 0. The molecule has 128 valence electrons. The average Bonchev–Trinajstić information content (AvgIpc) is 2.61. The second-order valence-electron chi connectivity index (χ2n) is 4.78. The Morgan fingerprint density at radius 3 is 2.84 bits per heavy atom. The molecule has 3 rings (SSSR count). The molecule has 0 saturated heterocycles. The van der Waals surface area contributed by atoms with Crippen LogP contribution in [-0.2, 0) is 4.84 Å². The Labute approximate surface area is 150 Å². The Balaban J connectivity index is 2.32. The van der Waals surface area contributed by atoms with Crippen molar-refractivity contribution < 1.29 is 14.2 Å². The number of benzene rings is 1. The van der Waals surface area contributed by atoms with Gasteiger partial charge in [-0.15, -0.1) is 0 Å². The van der Waals surface area contributed by atoms with Crippen LogP contribution in [0, 0.1) is 10.1 Å². The first-order valence-corrected chi connectivity index (χ1v) is 8.50. The fraction of sp³-hybridized carbons (Fsp3) is 0.133. The molecule has 0 bridgehead atoms. The molecule has 0 spiro atoms. The van der Waals surface area contributed by atoms with Gasteiger partial charge in [-0.1, -0.05) is 23.4 Å². The summed E-state index contributed by atoms with van der Waals surface area (Å²) in [7, 11) is 1.37. The topological polar surface area (TPSA) is 104 Å². The molecule has 2 heterocycles. The molecular formula is C15H11ClN4O4S. The maximum absolute atomic E-state index is 11.1. The number of thioether (sulfide) groups is 1. The highest BCUT2D eigenvalue weighted by atomic mass is 35.5. The molecule has 0 unspecified atom stereocenters. The van der Waals surface area contributed by atoms with Gasteiger partial charge in [0.05, 0.1) is 15.9 Å². The highest BCUT2D eigenvalue weighted by Crippen LogP contribution is 2.31. The fourth-order valence-electron chi connectivity index (χ4n) is 2.18. The van der Waals surface area contributed by atoms with Crippen LogP contribution in [0.3, 0.4) is 0 Å². The molecular weight excluding hydrogens is 368 g/mol. The molecule has 0 aliphatic carbocycles. The van der Waals surface area contributed by atoms with Crippen LogP contribution in [0.5, 0.6) is 0 Å². The SMILES string of the molecule is CO/N=c1\oc2nc(SC)ncc2cc1-c1cc([N+](=O)[O-])ccc1Cl. The smallest absolute Gasteiger partial charge is 0.270 e. The van der Waals surface area contributed by atoms with E-state index in [2.05, 4.69) is 15.1 Å². The highest BCUT2D eigenvalue weighted by Gasteiger charge is 2.16. The minimum absolute atomic E-state index is 0.100. The number of non-ortho nitro benzene ring substituents is 1. The van der Waals surface area contributed by atoms with Gasteiger partial charge in [0, 0.05) is 28.9 Å². The lowest BCUT2D eigenvalue weighted by atomic mass is 10.1. The van der Waals surface area contributed by atoms with Gasteiger partial charge in [-0.2, -0.15) is 4.98 Å². The largest absolute Gasteiger partial charge is 0.416 e. The number of rotatable bonds is 4. The summed E-state index contributed by atoms with van der Waals surface area (Å²) in [6.07, 6.45) is 3.45. The van der Waals surface area contributed by atoms with Crippen LogP contribution in [0.15, 0.2) is 45.2 Å². The second kappa shape index (κ2) is 7.08. The first-order valence-electron chi connectivity index (χ1n) is 6.90. The second-order valence-corrected chi connectivity index (χ2v) is 5.96. The van der Waals surface area contributed by atoms with Gasteiger partial charge in [0.2, 0.25) is 5.71 Å². The van der Waals surface area contributed by atoms with Crippen molar-refractivity contribution in [1.82, 2.24) is 9.97 Å². The predicted molar refractivity (Wildman–Crippen MR) is 93.3 cm³/mol. The molecule has 25 heavy (non-hydrogen) atoms. The Morgan fingerprint density at radius 2 is 2.16 bits per heavy atom. The first-order chi connectivity index (χ1) is 12.0. The summed E-state index contributed by atoms with van der Waals surface area (Å²) < 4.78 is 5.70. The molecule has 0 aliphatic rings. The van der Waals surface area contributed by atoms with Crippen LogP contribution in [0.25, 0.3) is 22.2 Å². The molecule has 3 aromatic rings. The summed E-state index contributed by atoms with van der Waals surface area (Å²) in [5.74, 6) is 0. The molecule has 0 atom stereocenters. The van der Waals surface area contributed by atoms with Gasteiger partial charge in [0.15, 0.2) is 5.16 Å². The molecule has 10 heteroatoms. The first kappa shape index (κ1) is 17.2. The van der Waals surface area contributed by atoms with Gasteiger partial charge in [-0.3, -0.25) is 10.1 Å². The van der Waals surface area contributed by atoms with Crippen molar-refractivity contribution in [3.63, 3.8) is 0 Å². The third-order valence-electron chi connectivity index (χ3n) is 3.29. The average molecular weight is 379 g/mol. The van der Waals surface area contributed by atoms with E-state index in [1.165, 1.54) is 37.1 Å². The van der Waals surface area contributed by atoms with Crippen LogP contribution in [0.1, 0.15) is 0 Å². The lowest BCUT2D eigenvalue weighted by Gasteiger charge is -2.06. The lowest BCUT2D eigenvalue weighted by molar-refractivity contribution is -0.384. The number of aromatic nitrogens is 2.